The smallest absolute Gasteiger partial charge is 0.343 e. The second kappa shape index (κ2) is 11.3. The van der Waals surface area contributed by atoms with Crippen molar-refractivity contribution in [2.24, 2.45) is 21.9 Å². The summed E-state index contributed by atoms with van der Waals surface area (Å²) in [7, 11) is 3.20. The van der Waals surface area contributed by atoms with Gasteiger partial charge in [-0.2, -0.15) is 0 Å². The van der Waals surface area contributed by atoms with Gasteiger partial charge in [0.05, 0.1) is 17.2 Å². The minimum Gasteiger partial charge on any atom is -0.455 e. The maximum atomic E-state index is 12.8. The predicted molar refractivity (Wildman–Crippen MR) is 130 cm³/mol. The summed E-state index contributed by atoms with van der Waals surface area (Å²) in [5.41, 5.74) is 12.1. The summed E-state index contributed by atoms with van der Waals surface area (Å²) < 4.78 is 10.7. The third-order valence-corrected chi connectivity index (χ3v) is 4.79. The van der Waals surface area contributed by atoms with E-state index in [2.05, 4.69) is 4.99 Å². The van der Waals surface area contributed by atoms with Gasteiger partial charge >= 0.3 is 11.9 Å². The molecule has 1 amide bonds. The van der Waals surface area contributed by atoms with Crippen LogP contribution in [0.3, 0.4) is 0 Å². The van der Waals surface area contributed by atoms with Crippen LogP contribution in [0.5, 0.6) is 5.75 Å². The highest BCUT2D eigenvalue weighted by molar-refractivity contribution is 5.91. The number of esters is 2. The molecule has 0 bridgehead atoms. The van der Waals surface area contributed by atoms with E-state index in [1.165, 1.54) is 4.90 Å². The summed E-state index contributed by atoms with van der Waals surface area (Å²) in [6.45, 7) is 5.75. The third-order valence-electron chi connectivity index (χ3n) is 4.79. The number of aliphatic imine (C=N–C) groups is 1. The number of likely N-dealkylation sites (N-methyl/N-ethyl adjacent to an activating group) is 1. The lowest BCUT2D eigenvalue weighted by Crippen LogP contribution is -2.30. The van der Waals surface area contributed by atoms with Crippen molar-refractivity contribution >= 4 is 29.5 Å². The largest absolute Gasteiger partial charge is 0.455 e. The molecule has 0 aliphatic carbocycles. The summed E-state index contributed by atoms with van der Waals surface area (Å²) in [6.07, 6.45) is 0.517. The Morgan fingerprint density at radius 3 is 2.06 bits per heavy atom. The van der Waals surface area contributed by atoms with Crippen molar-refractivity contribution < 1.29 is 23.9 Å². The Morgan fingerprint density at radius 2 is 1.56 bits per heavy atom. The number of nitrogens with zero attached hydrogens (tertiary/aromatic N) is 2. The van der Waals surface area contributed by atoms with Gasteiger partial charge in [0.2, 0.25) is 0 Å². The van der Waals surface area contributed by atoms with Gasteiger partial charge in [0.1, 0.15) is 5.75 Å². The second-order valence-corrected chi connectivity index (χ2v) is 9.26. The molecule has 9 heteroatoms. The number of hydrogen-bond acceptors (Lipinski definition) is 6. The highest BCUT2D eigenvalue weighted by atomic mass is 16.5. The number of carbonyl (C=O) groups excluding carboxylic acids is 3. The molecule has 0 radical (unpaired) electrons. The molecule has 0 heterocycles. The van der Waals surface area contributed by atoms with Crippen molar-refractivity contribution in [1.82, 2.24) is 4.90 Å². The molecule has 1 unspecified atom stereocenters. The van der Waals surface area contributed by atoms with Crippen LogP contribution in [0.15, 0.2) is 53.5 Å². The van der Waals surface area contributed by atoms with Gasteiger partial charge in [-0.25, -0.2) is 9.79 Å². The Kier molecular flexibility index (Phi) is 8.77. The molecule has 0 saturated carbocycles. The Morgan fingerprint density at radius 1 is 0.971 bits per heavy atom. The summed E-state index contributed by atoms with van der Waals surface area (Å²) in [6, 6.07) is 13.0. The molecule has 0 saturated heterocycles. The molecular weight excluding hydrogens is 436 g/mol. The van der Waals surface area contributed by atoms with Gasteiger partial charge in [-0.05, 0) is 53.8 Å². The zero-order valence-corrected chi connectivity index (χ0v) is 20.2. The highest BCUT2D eigenvalue weighted by Crippen LogP contribution is 2.33. The van der Waals surface area contributed by atoms with E-state index >= 15 is 0 Å². The molecule has 2 aromatic rings. The number of rotatable bonds is 8. The van der Waals surface area contributed by atoms with E-state index in [-0.39, 0.29) is 23.9 Å². The first kappa shape index (κ1) is 26.4. The van der Waals surface area contributed by atoms with E-state index in [1.807, 2.05) is 20.8 Å². The zero-order valence-electron chi connectivity index (χ0n) is 20.2. The first-order valence-electron chi connectivity index (χ1n) is 10.7. The predicted octanol–water partition coefficient (Wildman–Crippen LogP) is 2.96. The van der Waals surface area contributed by atoms with Gasteiger partial charge in [0.25, 0.3) is 5.91 Å². The lowest BCUT2D eigenvalue weighted by Gasteiger charge is -2.25. The van der Waals surface area contributed by atoms with Crippen LogP contribution in [0.1, 0.15) is 49.0 Å². The van der Waals surface area contributed by atoms with E-state index in [0.717, 1.165) is 0 Å². The quantitative estimate of drug-likeness (QED) is 0.263. The van der Waals surface area contributed by atoms with Gasteiger partial charge in [-0.1, -0.05) is 32.9 Å². The van der Waals surface area contributed by atoms with Gasteiger partial charge in [0.15, 0.2) is 12.6 Å². The van der Waals surface area contributed by atoms with Crippen LogP contribution in [0.4, 0.5) is 5.69 Å². The molecule has 2 rings (SSSR count). The first-order chi connectivity index (χ1) is 15.9. The molecule has 0 fully saturated rings. The summed E-state index contributed by atoms with van der Waals surface area (Å²) >= 11 is 0. The maximum absolute atomic E-state index is 12.8. The van der Waals surface area contributed by atoms with Crippen molar-refractivity contribution in [3.05, 3.63) is 59.7 Å². The number of amides is 1. The molecule has 0 aromatic heterocycles. The van der Waals surface area contributed by atoms with Crippen LogP contribution >= 0.6 is 0 Å². The van der Waals surface area contributed by atoms with Gasteiger partial charge in [0, 0.05) is 14.1 Å². The Balaban J connectivity index is 2.12. The average molecular weight is 469 g/mol. The molecule has 0 aliphatic rings. The van der Waals surface area contributed by atoms with Crippen molar-refractivity contribution in [2.45, 2.75) is 33.1 Å². The fourth-order valence-electron chi connectivity index (χ4n) is 3.07. The number of nitrogens with two attached hydrogens (primary N) is 2. The molecule has 0 aliphatic heterocycles. The van der Waals surface area contributed by atoms with E-state index in [4.69, 9.17) is 20.9 Å². The summed E-state index contributed by atoms with van der Waals surface area (Å²) in [4.78, 5) is 42.3. The molecule has 9 nitrogen and oxygen atoms in total. The highest BCUT2D eigenvalue weighted by Gasteiger charge is 2.28. The zero-order chi connectivity index (χ0) is 25.5. The average Bonchev–Trinajstić information content (AvgIpc) is 2.75. The van der Waals surface area contributed by atoms with Gasteiger partial charge in [-0.15, -0.1) is 0 Å². The molecule has 4 N–H and O–H groups in total. The third kappa shape index (κ3) is 8.23. The molecular formula is C25H32N4O5. The fraction of sp³-hybridized carbons (Fsp3) is 0.360. The van der Waals surface area contributed by atoms with Gasteiger partial charge < -0.3 is 25.8 Å². The van der Waals surface area contributed by atoms with Crippen LogP contribution in [-0.4, -0.2) is 49.4 Å². The number of hydrogen-bond donors (Lipinski definition) is 2. The maximum Gasteiger partial charge on any atom is 0.343 e. The van der Waals surface area contributed by atoms with Crippen molar-refractivity contribution in [1.29, 1.82) is 0 Å². The molecule has 2 aromatic carbocycles. The molecule has 182 valence electrons. The number of ether oxygens (including phenoxy) is 2. The Bertz CT molecular complexity index is 1030. The van der Waals surface area contributed by atoms with Crippen molar-refractivity contribution in [2.75, 3.05) is 20.7 Å². The van der Waals surface area contributed by atoms with E-state index in [0.29, 0.717) is 29.0 Å². The number of carbonyl (C=O) groups is 3. The van der Waals surface area contributed by atoms with Crippen molar-refractivity contribution in [3.63, 3.8) is 0 Å². The fourth-order valence-corrected chi connectivity index (χ4v) is 3.07. The first-order valence-corrected chi connectivity index (χ1v) is 10.7. The Hall–Kier alpha value is -3.88. The molecule has 34 heavy (non-hydrogen) atoms. The van der Waals surface area contributed by atoms with E-state index in [9.17, 15) is 14.4 Å². The lowest BCUT2D eigenvalue weighted by molar-refractivity contribution is -0.153. The SMILES string of the molecule is CN(C)C(=O)COC(=O)C(CC(C)(C)C)c1ccc(OC(=O)c2ccc(N=C(N)N)cc2)cc1. The number of benzene rings is 2. The molecule has 1 atom stereocenters. The second-order valence-electron chi connectivity index (χ2n) is 9.26. The minimum absolute atomic E-state index is 0.0756. The monoisotopic (exact) mass is 468 g/mol. The summed E-state index contributed by atoms with van der Waals surface area (Å²) in [5.74, 6) is -1.63. The van der Waals surface area contributed by atoms with Crippen LogP contribution in [0, 0.1) is 5.41 Å². The topological polar surface area (TPSA) is 137 Å². The van der Waals surface area contributed by atoms with Crippen LogP contribution < -0.4 is 16.2 Å². The minimum atomic E-state index is -0.567. The van der Waals surface area contributed by atoms with Gasteiger partial charge in [-0.3, -0.25) is 9.59 Å². The van der Waals surface area contributed by atoms with E-state index < -0.39 is 17.9 Å². The van der Waals surface area contributed by atoms with Crippen LogP contribution in [0.25, 0.3) is 0 Å². The number of guanidine groups is 1. The Labute approximate surface area is 199 Å². The molecule has 0 spiro atoms. The normalized spacial score (nSPS) is 11.8. The lowest BCUT2D eigenvalue weighted by atomic mass is 9.81. The van der Waals surface area contributed by atoms with Crippen LogP contribution in [-0.2, 0) is 14.3 Å². The standard InChI is InChI=1S/C25H32N4O5/c1-25(2,3)14-20(23(32)33-15-21(30)29(4)5)16-8-12-19(13-9-16)34-22(31)17-6-10-18(11-7-17)28-24(26)27/h6-13,20H,14-15H2,1-5H3,(H4,26,27,28). The summed E-state index contributed by atoms with van der Waals surface area (Å²) in [5, 5.41) is 0. The van der Waals surface area contributed by atoms with Crippen molar-refractivity contribution in [3.8, 4) is 5.75 Å². The van der Waals surface area contributed by atoms with E-state index in [1.54, 1.807) is 62.6 Å². The van der Waals surface area contributed by atoms with Crippen LogP contribution in [0.2, 0.25) is 0 Å².